The van der Waals surface area contributed by atoms with Crippen molar-refractivity contribution in [1.29, 1.82) is 0 Å². The molecule has 3 N–H and O–H groups in total. The molecule has 0 saturated carbocycles. The summed E-state index contributed by atoms with van der Waals surface area (Å²) in [6.07, 6.45) is 0. The van der Waals surface area contributed by atoms with Crippen molar-refractivity contribution in [3.05, 3.63) is 24.3 Å². The van der Waals surface area contributed by atoms with Crippen molar-refractivity contribution in [2.45, 2.75) is 33.0 Å². The first-order valence-electron chi connectivity index (χ1n) is 6.53. The van der Waals surface area contributed by atoms with Gasteiger partial charge in [0.05, 0.1) is 5.60 Å². The van der Waals surface area contributed by atoms with Crippen LogP contribution in [0.4, 0.5) is 19.3 Å². The van der Waals surface area contributed by atoms with Crippen molar-refractivity contribution in [2.75, 3.05) is 11.9 Å². The van der Waals surface area contributed by atoms with Gasteiger partial charge < -0.3 is 20.5 Å². The van der Waals surface area contributed by atoms with Gasteiger partial charge in [-0.1, -0.05) is 19.9 Å². The maximum absolute atomic E-state index is 12.1. The number of carbonyl (C=O) groups is 1. The molecule has 21 heavy (non-hydrogen) atoms. The summed E-state index contributed by atoms with van der Waals surface area (Å²) in [6, 6.07) is 5.13. The SMILES string of the molecule is CC(C)C(C)(O)CNC(=O)Nc1cccc(OC(F)F)c1. The van der Waals surface area contributed by atoms with Crippen LogP contribution in [0.5, 0.6) is 5.75 Å². The summed E-state index contributed by atoms with van der Waals surface area (Å²) < 4.78 is 28.4. The molecule has 1 rings (SSSR count). The highest BCUT2D eigenvalue weighted by Gasteiger charge is 2.25. The molecule has 0 aliphatic heterocycles. The van der Waals surface area contributed by atoms with E-state index in [9.17, 15) is 18.7 Å². The van der Waals surface area contributed by atoms with Gasteiger partial charge in [0.1, 0.15) is 5.75 Å². The quantitative estimate of drug-likeness (QED) is 0.756. The first kappa shape index (κ1) is 17.2. The standard InChI is InChI=1S/C14H20F2N2O3/c1-9(2)14(3,20)8-17-13(19)18-10-5-4-6-11(7-10)21-12(15)16/h4-7,9,12,20H,8H2,1-3H3,(H2,17,18,19). The van der Waals surface area contributed by atoms with Gasteiger partial charge in [0.25, 0.3) is 0 Å². The summed E-state index contributed by atoms with van der Waals surface area (Å²) in [5.74, 6) is -0.0717. The van der Waals surface area contributed by atoms with E-state index in [1.807, 2.05) is 13.8 Å². The first-order valence-corrected chi connectivity index (χ1v) is 6.53. The molecule has 1 aromatic carbocycles. The number of alkyl halides is 2. The molecule has 0 aliphatic carbocycles. The average molecular weight is 302 g/mol. The van der Waals surface area contributed by atoms with E-state index in [2.05, 4.69) is 15.4 Å². The molecular formula is C14H20F2N2O3. The van der Waals surface area contributed by atoms with Crippen LogP contribution in [0.15, 0.2) is 24.3 Å². The number of hydrogen-bond acceptors (Lipinski definition) is 3. The van der Waals surface area contributed by atoms with Crippen molar-refractivity contribution in [3.63, 3.8) is 0 Å². The molecule has 0 aliphatic rings. The predicted molar refractivity (Wildman–Crippen MR) is 75.6 cm³/mol. The molecular weight excluding hydrogens is 282 g/mol. The number of anilines is 1. The number of ether oxygens (including phenoxy) is 1. The van der Waals surface area contributed by atoms with Gasteiger partial charge in [-0.05, 0) is 25.0 Å². The van der Waals surface area contributed by atoms with Crippen molar-refractivity contribution in [3.8, 4) is 5.75 Å². The topological polar surface area (TPSA) is 70.6 Å². The Hall–Kier alpha value is -1.89. The summed E-state index contributed by atoms with van der Waals surface area (Å²) in [7, 11) is 0. The van der Waals surface area contributed by atoms with Crippen LogP contribution in [-0.2, 0) is 0 Å². The number of hydrogen-bond donors (Lipinski definition) is 3. The Morgan fingerprint density at radius 1 is 1.43 bits per heavy atom. The van der Waals surface area contributed by atoms with E-state index in [1.165, 1.54) is 18.2 Å². The Balaban J connectivity index is 2.55. The van der Waals surface area contributed by atoms with Gasteiger partial charge in [0.2, 0.25) is 0 Å². The minimum Gasteiger partial charge on any atom is -0.435 e. The molecule has 118 valence electrons. The van der Waals surface area contributed by atoms with E-state index in [1.54, 1.807) is 13.0 Å². The maximum atomic E-state index is 12.1. The van der Waals surface area contributed by atoms with E-state index in [-0.39, 0.29) is 18.2 Å². The lowest BCUT2D eigenvalue weighted by Crippen LogP contribution is -2.45. The van der Waals surface area contributed by atoms with Gasteiger partial charge in [0.15, 0.2) is 0 Å². The molecule has 0 aromatic heterocycles. The number of aliphatic hydroxyl groups is 1. The third kappa shape index (κ3) is 5.95. The smallest absolute Gasteiger partial charge is 0.387 e. The first-order chi connectivity index (χ1) is 9.70. The third-order valence-corrected chi connectivity index (χ3v) is 3.17. The second kappa shape index (κ2) is 7.21. The molecule has 0 radical (unpaired) electrons. The minimum atomic E-state index is -2.92. The van der Waals surface area contributed by atoms with Gasteiger partial charge in [-0.25, -0.2) is 4.79 Å². The Morgan fingerprint density at radius 2 is 2.10 bits per heavy atom. The van der Waals surface area contributed by atoms with Crippen LogP contribution in [0.2, 0.25) is 0 Å². The molecule has 1 aromatic rings. The number of nitrogens with one attached hydrogen (secondary N) is 2. The molecule has 0 bridgehead atoms. The van der Waals surface area contributed by atoms with Crippen molar-refractivity contribution in [2.24, 2.45) is 5.92 Å². The number of halogens is 2. The fourth-order valence-electron chi connectivity index (χ4n) is 1.39. The highest BCUT2D eigenvalue weighted by molar-refractivity contribution is 5.89. The average Bonchev–Trinajstić information content (AvgIpc) is 2.36. The van der Waals surface area contributed by atoms with Crippen LogP contribution in [0.25, 0.3) is 0 Å². The summed E-state index contributed by atoms with van der Waals surface area (Å²) in [5.41, 5.74) is -0.715. The van der Waals surface area contributed by atoms with Crippen LogP contribution in [0.3, 0.4) is 0 Å². The van der Waals surface area contributed by atoms with E-state index in [0.717, 1.165) is 0 Å². The number of urea groups is 1. The molecule has 0 heterocycles. The normalized spacial score (nSPS) is 13.9. The summed E-state index contributed by atoms with van der Waals surface area (Å²) in [6.45, 7) is 2.45. The molecule has 1 unspecified atom stereocenters. The van der Waals surface area contributed by atoms with Crippen molar-refractivity contribution in [1.82, 2.24) is 5.32 Å². The Labute approximate surface area is 122 Å². The molecule has 0 spiro atoms. The molecule has 0 fully saturated rings. The lowest BCUT2D eigenvalue weighted by molar-refractivity contribution is -0.0498. The Morgan fingerprint density at radius 3 is 2.67 bits per heavy atom. The Kier molecular flexibility index (Phi) is 5.90. The molecule has 7 heteroatoms. The lowest BCUT2D eigenvalue weighted by atomic mass is 9.93. The van der Waals surface area contributed by atoms with Gasteiger partial charge in [-0.2, -0.15) is 8.78 Å². The molecule has 1 atom stereocenters. The van der Waals surface area contributed by atoms with Crippen LogP contribution in [0.1, 0.15) is 20.8 Å². The number of amides is 2. The van der Waals surface area contributed by atoms with Crippen LogP contribution in [0, 0.1) is 5.92 Å². The van der Waals surface area contributed by atoms with Gasteiger partial charge in [-0.3, -0.25) is 0 Å². The monoisotopic (exact) mass is 302 g/mol. The van der Waals surface area contributed by atoms with E-state index in [0.29, 0.717) is 5.69 Å². The van der Waals surface area contributed by atoms with Gasteiger partial charge >= 0.3 is 12.6 Å². The zero-order valence-electron chi connectivity index (χ0n) is 12.2. The van der Waals surface area contributed by atoms with Crippen molar-refractivity contribution < 1.29 is 23.4 Å². The van der Waals surface area contributed by atoms with E-state index in [4.69, 9.17) is 0 Å². The van der Waals surface area contributed by atoms with Gasteiger partial charge in [-0.15, -0.1) is 0 Å². The third-order valence-electron chi connectivity index (χ3n) is 3.17. The lowest BCUT2D eigenvalue weighted by Gasteiger charge is -2.27. The predicted octanol–water partition coefficient (Wildman–Crippen LogP) is 2.82. The summed E-state index contributed by atoms with van der Waals surface area (Å²) >= 11 is 0. The fourth-order valence-corrected chi connectivity index (χ4v) is 1.39. The van der Waals surface area contributed by atoms with Crippen LogP contribution >= 0.6 is 0 Å². The largest absolute Gasteiger partial charge is 0.435 e. The Bertz CT molecular complexity index is 479. The summed E-state index contributed by atoms with van der Waals surface area (Å²) in [5, 5.41) is 15.0. The van der Waals surface area contributed by atoms with E-state index < -0.39 is 18.2 Å². The zero-order valence-corrected chi connectivity index (χ0v) is 12.2. The number of benzene rings is 1. The highest BCUT2D eigenvalue weighted by Crippen LogP contribution is 2.19. The van der Waals surface area contributed by atoms with Crippen LogP contribution < -0.4 is 15.4 Å². The minimum absolute atomic E-state index is 0.0273. The molecule has 5 nitrogen and oxygen atoms in total. The number of carbonyl (C=O) groups excluding carboxylic acids is 1. The van der Waals surface area contributed by atoms with Crippen molar-refractivity contribution >= 4 is 11.7 Å². The molecule has 0 saturated heterocycles. The number of rotatable bonds is 6. The fraction of sp³-hybridized carbons (Fsp3) is 0.500. The second-order valence-corrected chi connectivity index (χ2v) is 5.23. The second-order valence-electron chi connectivity index (χ2n) is 5.23. The highest BCUT2D eigenvalue weighted by atomic mass is 19.3. The molecule has 2 amide bonds. The zero-order chi connectivity index (χ0) is 16.0. The van der Waals surface area contributed by atoms with Crippen LogP contribution in [-0.4, -0.2) is 29.9 Å². The maximum Gasteiger partial charge on any atom is 0.387 e. The summed E-state index contributed by atoms with van der Waals surface area (Å²) in [4.78, 5) is 11.7. The van der Waals surface area contributed by atoms with Gasteiger partial charge in [0, 0.05) is 18.3 Å². The van der Waals surface area contributed by atoms with E-state index >= 15 is 0 Å².